The van der Waals surface area contributed by atoms with Gasteiger partial charge in [0.15, 0.2) is 0 Å². The van der Waals surface area contributed by atoms with Crippen molar-refractivity contribution in [3.8, 4) is 0 Å². The minimum atomic E-state index is -1.20. The van der Waals surface area contributed by atoms with Gasteiger partial charge >= 0.3 is 0 Å². The lowest BCUT2D eigenvalue weighted by molar-refractivity contribution is -0.139. The van der Waals surface area contributed by atoms with Crippen LogP contribution >= 0.6 is 23.2 Å². The quantitative estimate of drug-likeness (QED) is 0.897. The van der Waals surface area contributed by atoms with Crippen LogP contribution in [0, 0.1) is 0 Å². The molecule has 1 aliphatic carbocycles. The van der Waals surface area contributed by atoms with E-state index in [4.69, 9.17) is 23.2 Å². The van der Waals surface area contributed by atoms with Gasteiger partial charge in [0.25, 0.3) is 5.91 Å². The number of nitrogens with one attached hydrogen (secondary N) is 1. The summed E-state index contributed by atoms with van der Waals surface area (Å²) in [6.45, 7) is 0.310. The van der Waals surface area contributed by atoms with E-state index in [-0.39, 0.29) is 5.91 Å². The second-order valence-corrected chi connectivity index (χ2v) is 5.52. The van der Waals surface area contributed by atoms with E-state index in [1.54, 1.807) is 17.7 Å². The van der Waals surface area contributed by atoms with Gasteiger partial charge in [-0.1, -0.05) is 23.2 Å². The fraction of sp³-hybridized carbons (Fsp3) is 0.583. The van der Waals surface area contributed by atoms with Crippen molar-refractivity contribution in [2.75, 3.05) is 0 Å². The van der Waals surface area contributed by atoms with Crippen LogP contribution in [0.5, 0.6) is 0 Å². The maximum atomic E-state index is 11.9. The van der Waals surface area contributed by atoms with Crippen molar-refractivity contribution in [2.24, 2.45) is 7.05 Å². The van der Waals surface area contributed by atoms with Crippen LogP contribution in [0.4, 0.5) is 0 Å². The van der Waals surface area contributed by atoms with Crippen molar-refractivity contribution in [1.29, 1.82) is 0 Å². The third-order valence-corrected chi connectivity index (χ3v) is 4.34. The second-order valence-electron chi connectivity index (χ2n) is 4.75. The fourth-order valence-corrected chi connectivity index (χ4v) is 2.70. The first-order chi connectivity index (χ1) is 8.44. The molecule has 1 heterocycles. The van der Waals surface area contributed by atoms with Crippen LogP contribution in [0.3, 0.4) is 0 Å². The molecule has 0 aromatic carbocycles. The standard InChI is InChI=1S/C12H16Cl2N2O2/c1-16-8(6-9(13)10(16)14)7-15-11(17)12(18)4-2-3-5-12/h6,18H,2-5,7H2,1H3,(H,15,17). The van der Waals surface area contributed by atoms with E-state index in [1.807, 2.05) is 0 Å². The van der Waals surface area contributed by atoms with E-state index in [2.05, 4.69) is 5.32 Å². The van der Waals surface area contributed by atoms with Crippen LogP contribution in [-0.4, -0.2) is 21.2 Å². The highest BCUT2D eigenvalue weighted by molar-refractivity contribution is 6.41. The highest BCUT2D eigenvalue weighted by Crippen LogP contribution is 2.30. The number of amides is 1. The largest absolute Gasteiger partial charge is 0.380 e. The second kappa shape index (κ2) is 5.11. The summed E-state index contributed by atoms with van der Waals surface area (Å²) in [5.74, 6) is -0.312. The zero-order valence-electron chi connectivity index (χ0n) is 10.2. The van der Waals surface area contributed by atoms with Crippen molar-refractivity contribution >= 4 is 29.1 Å². The van der Waals surface area contributed by atoms with Crippen LogP contribution in [0.2, 0.25) is 10.2 Å². The van der Waals surface area contributed by atoms with Gasteiger partial charge in [-0.15, -0.1) is 0 Å². The Balaban J connectivity index is 1.99. The monoisotopic (exact) mass is 290 g/mol. The lowest BCUT2D eigenvalue weighted by Gasteiger charge is -2.21. The Morgan fingerprint density at radius 1 is 1.50 bits per heavy atom. The molecule has 1 aliphatic rings. The zero-order chi connectivity index (χ0) is 13.3. The van der Waals surface area contributed by atoms with E-state index >= 15 is 0 Å². The Hall–Kier alpha value is -0.710. The molecule has 1 aromatic heterocycles. The van der Waals surface area contributed by atoms with Crippen molar-refractivity contribution in [1.82, 2.24) is 9.88 Å². The van der Waals surface area contributed by atoms with Crippen molar-refractivity contribution in [2.45, 2.75) is 37.8 Å². The molecular weight excluding hydrogens is 275 g/mol. The summed E-state index contributed by atoms with van der Waals surface area (Å²) in [4.78, 5) is 11.9. The SMILES string of the molecule is Cn1c(CNC(=O)C2(O)CCCC2)cc(Cl)c1Cl. The number of carbonyl (C=O) groups is 1. The summed E-state index contributed by atoms with van der Waals surface area (Å²) in [7, 11) is 1.78. The molecule has 0 atom stereocenters. The molecule has 100 valence electrons. The maximum Gasteiger partial charge on any atom is 0.252 e. The van der Waals surface area contributed by atoms with Crippen LogP contribution in [0.1, 0.15) is 31.4 Å². The normalized spacial score (nSPS) is 18.0. The van der Waals surface area contributed by atoms with Crippen LogP contribution in [0.25, 0.3) is 0 Å². The van der Waals surface area contributed by atoms with E-state index < -0.39 is 5.60 Å². The number of carbonyl (C=O) groups excluding carboxylic acids is 1. The molecule has 1 saturated carbocycles. The summed E-state index contributed by atoms with van der Waals surface area (Å²) in [6.07, 6.45) is 2.86. The molecule has 0 aliphatic heterocycles. The van der Waals surface area contributed by atoms with Gasteiger partial charge in [0.05, 0.1) is 11.6 Å². The molecule has 0 saturated heterocycles. The molecular formula is C12H16Cl2N2O2. The van der Waals surface area contributed by atoms with Crippen LogP contribution in [0.15, 0.2) is 6.07 Å². The van der Waals surface area contributed by atoms with Crippen molar-refractivity contribution in [3.63, 3.8) is 0 Å². The van der Waals surface area contributed by atoms with Gasteiger partial charge in [0, 0.05) is 12.7 Å². The van der Waals surface area contributed by atoms with Crippen LogP contribution in [-0.2, 0) is 18.4 Å². The minimum absolute atomic E-state index is 0.310. The lowest BCUT2D eigenvalue weighted by atomic mass is 10.0. The summed E-state index contributed by atoms with van der Waals surface area (Å²) in [5.41, 5.74) is -0.390. The molecule has 2 rings (SSSR count). The molecule has 1 fully saturated rings. The van der Waals surface area contributed by atoms with E-state index in [0.29, 0.717) is 29.6 Å². The molecule has 0 bridgehead atoms. The molecule has 1 amide bonds. The summed E-state index contributed by atoms with van der Waals surface area (Å²) in [5, 5.41) is 13.7. The third kappa shape index (κ3) is 2.51. The van der Waals surface area contributed by atoms with E-state index in [1.165, 1.54) is 0 Å². The topological polar surface area (TPSA) is 54.3 Å². The molecule has 1 aromatic rings. The molecule has 6 heteroatoms. The van der Waals surface area contributed by atoms with Gasteiger partial charge in [-0.25, -0.2) is 0 Å². The number of hydrogen-bond donors (Lipinski definition) is 2. The minimum Gasteiger partial charge on any atom is -0.380 e. The van der Waals surface area contributed by atoms with Gasteiger partial charge in [-0.2, -0.15) is 0 Å². The molecule has 0 spiro atoms. The predicted molar refractivity (Wildman–Crippen MR) is 70.7 cm³/mol. The maximum absolute atomic E-state index is 11.9. The van der Waals surface area contributed by atoms with Crippen LogP contribution < -0.4 is 5.32 Å². The molecule has 0 radical (unpaired) electrons. The summed E-state index contributed by atoms with van der Waals surface area (Å²) in [6, 6.07) is 1.71. The summed E-state index contributed by atoms with van der Waals surface area (Å²) < 4.78 is 1.71. The molecule has 0 unspecified atom stereocenters. The Kier molecular flexibility index (Phi) is 3.90. The van der Waals surface area contributed by atoms with Crippen molar-refractivity contribution < 1.29 is 9.90 Å². The average Bonchev–Trinajstić information content (AvgIpc) is 2.88. The summed E-state index contributed by atoms with van der Waals surface area (Å²) >= 11 is 11.8. The fourth-order valence-electron chi connectivity index (χ4n) is 2.28. The highest BCUT2D eigenvalue weighted by atomic mass is 35.5. The molecule has 2 N–H and O–H groups in total. The number of hydrogen-bond acceptors (Lipinski definition) is 2. The molecule has 18 heavy (non-hydrogen) atoms. The Labute approximate surface area is 116 Å². The number of rotatable bonds is 3. The highest BCUT2D eigenvalue weighted by Gasteiger charge is 2.38. The number of aliphatic hydroxyl groups is 1. The average molecular weight is 291 g/mol. The number of halogens is 2. The number of nitrogens with zero attached hydrogens (tertiary/aromatic N) is 1. The van der Waals surface area contributed by atoms with Crippen molar-refractivity contribution in [3.05, 3.63) is 21.9 Å². The van der Waals surface area contributed by atoms with Gasteiger partial charge in [0.2, 0.25) is 0 Å². The van der Waals surface area contributed by atoms with Gasteiger partial charge in [-0.3, -0.25) is 4.79 Å². The lowest BCUT2D eigenvalue weighted by Crippen LogP contribution is -2.44. The van der Waals surface area contributed by atoms with E-state index in [9.17, 15) is 9.90 Å². The Morgan fingerprint density at radius 3 is 2.61 bits per heavy atom. The Morgan fingerprint density at radius 2 is 2.11 bits per heavy atom. The van der Waals surface area contributed by atoms with Gasteiger partial charge < -0.3 is 15.0 Å². The Bertz CT molecular complexity index is 465. The third-order valence-electron chi connectivity index (χ3n) is 3.50. The first-order valence-electron chi connectivity index (χ1n) is 5.94. The first-order valence-corrected chi connectivity index (χ1v) is 6.70. The van der Waals surface area contributed by atoms with Gasteiger partial charge in [-0.05, 0) is 31.7 Å². The molecule has 4 nitrogen and oxygen atoms in total. The smallest absolute Gasteiger partial charge is 0.252 e. The van der Waals surface area contributed by atoms with Gasteiger partial charge in [0.1, 0.15) is 10.8 Å². The predicted octanol–water partition coefficient (Wildman–Crippen LogP) is 2.25. The zero-order valence-corrected chi connectivity index (χ0v) is 11.7. The van der Waals surface area contributed by atoms with E-state index in [0.717, 1.165) is 18.5 Å². The number of aromatic nitrogens is 1. The first kappa shape index (κ1) is 13.7.